The normalized spacial score (nSPS) is 11.5. The summed E-state index contributed by atoms with van der Waals surface area (Å²) >= 11 is 0. The molecule has 0 saturated heterocycles. The van der Waals surface area contributed by atoms with Crippen LogP contribution < -0.4 is 10.1 Å². The van der Waals surface area contributed by atoms with Gasteiger partial charge in [0.2, 0.25) is 0 Å². The lowest BCUT2D eigenvalue weighted by molar-refractivity contribution is -0.137. The van der Waals surface area contributed by atoms with Crippen LogP contribution in [-0.2, 0) is 6.18 Å². The summed E-state index contributed by atoms with van der Waals surface area (Å²) in [5.41, 5.74) is -0.775. The van der Waals surface area contributed by atoms with Gasteiger partial charge >= 0.3 is 6.18 Å². The second kappa shape index (κ2) is 10.9. The van der Waals surface area contributed by atoms with Gasteiger partial charge in [-0.3, -0.25) is 4.79 Å². The fourth-order valence-corrected chi connectivity index (χ4v) is 2.55. The third-order valence-corrected chi connectivity index (χ3v) is 3.70. The second-order valence-corrected chi connectivity index (χ2v) is 5.91. The molecule has 0 fully saturated rings. The lowest BCUT2D eigenvalue weighted by atomic mass is 10.1. The molecular formula is C19H27F3N2O2. The molecule has 4 nitrogen and oxygen atoms in total. The van der Waals surface area contributed by atoms with E-state index in [1.807, 2.05) is 0 Å². The highest BCUT2D eigenvalue weighted by Crippen LogP contribution is 2.33. The first-order chi connectivity index (χ1) is 12.3. The molecule has 0 saturated carbocycles. The van der Waals surface area contributed by atoms with Crippen LogP contribution in [0.4, 0.5) is 13.2 Å². The van der Waals surface area contributed by atoms with Crippen molar-refractivity contribution >= 4 is 5.91 Å². The maximum absolute atomic E-state index is 12.9. The largest absolute Gasteiger partial charge is 0.489 e. The molecule has 0 aliphatic heterocycles. The highest BCUT2D eigenvalue weighted by molar-refractivity contribution is 5.97. The summed E-state index contributed by atoms with van der Waals surface area (Å²) in [5.74, 6) is -0.554. The topological polar surface area (TPSA) is 41.6 Å². The van der Waals surface area contributed by atoms with E-state index in [1.54, 1.807) is 0 Å². The van der Waals surface area contributed by atoms with Gasteiger partial charge in [-0.25, -0.2) is 0 Å². The molecule has 0 atom stereocenters. The number of benzene rings is 1. The summed E-state index contributed by atoms with van der Waals surface area (Å²) in [7, 11) is 0. The molecule has 1 aromatic carbocycles. The molecule has 1 rings (SSSR count). The standard InChI is InChI=1S/C19H27F3N2O2/c1-4-10-24(11-5-2)12-9-23-18(25)16-8-7-15(19(20,21)22)14-17(16)26-13-6-3/h6-8,14H,3-5,9-13H2,1-2H3,(H,23,25). The summed E-state index contributed by atoms with van der Waals surface area (Å²) in [4.78, 5) is 14.6. The van der Waals surface area contributed by atoms with Gasteiger partial charge in [0.1, 0.15) is 12.4 Å². The van der Waals surface area contributed by atoms with E-state index >= 15 is 0 Å². The predicted octanol–water partition coefficient (Wildman–Crippen LogP) is 4.12. The molecule has 0 bridgehead atoms. The van der Waals surface area contributed by atoms with Crippen molar-refractivity contribution in [3.8, 4) is 5.75 Å². The molecule has 0 heterocycles. The van der Waals surface area contributed by atoms with Crippen LogP contribution in [-0.4, -0.2) is 43.6 Å². The number of nitrogens with zero attached hydrogens (tertiary/aromatic N) is 1. The van der Waals surface area contributed by atoms with E-state index in [2.05, 4.69) is 30.6 Å². The maximum atomic E-state index is 12.9. The van der Waals surface area contributed by atoms with Crippen molar-refractivity contribution in [2.75, 3.05) is 32.8 Å². The number of alkyl halides is 3. The smallest absolute Gasteiger partial charge is 0.416 e. The van der Waals surface area contributed by atoms with Crippen molar-refractivity contribution in [1.82, 2.24) is 10.2 Å². The number of halogens is 3. The number of rotatable bonds is 11. The van der Waals surface area contributed by atoms with E-state index in [0.717, 1.165) is 44.1 Å². The molecule has 1 N–H and O–H groups in total. The van der Waals surface area contributed by atoms with Crippen LogP contribution in [0.1, 0.15) is 42.6 Å². The van der Waals surface area contributed by atoms with Crippen LogP contribution in [0.3, 0.4) is 0 Å². The highest BCUT2D eigenvalue weighted by Gasteiger charge is 2.31. The van der Waals surface area contributed by atoms with Gasteiger partial charge in [-0.1, -0.05) is 26.5 Å². The Bertz CT molecular complexity index is 583. The Morgan fingerprint density at radius 3 is 2.42 bits per heavy atom. The van der Waals surface area contributed by atoms with Crippen LogP contribution >= 0.6 is 0 Å². The fraction of sp³-hybridized carbons (Fsp3) is 0.526. The third kappa shape index (κ3) is 7.07. The summed E-state index contributed by atoms with van der Waals surface area (Å²) < 4.78 is 43.9. The van der Waals surface area contributed by atoms with Crippen molar-refractivity contribution in [3.63, 3.8) is 0 Å². The van der Waals surface area contributed by atoms with Crippen molar-refractivity contribution in [1.29, 1.82) is 0 Å². The Labute approximate surface area is 153 Å². The summed E-state index contributed by atoms with van der Waals surface area (Å²) in [6, 6.07) is 2.88. The Kier molecular flexibility index (Phi) is 9.19. The van der Waals surface area contributed by atoms with E-state index < -0.39 is 17.6 Å². The summed E-state index contributed by atoms with van der Waals surface area (Å²) in [6.07, 6.45) is -1.05. The minimum Gasteiger partial charge on any atom is -0.489 e. The summed E-state index contributed by atoms with van der Waals surface area (Å²) in [6.45, 7) is 10.7. The minimum absolute atomic E-state index is 0.0162. The van der Waals surface area contributed by atoms with Crippen LogP contribution in [0, 0.1) is 0 Å². The van der Waals surface area contributed by atoms with Gasteiger partial charge in [-0.05, 0) is 44.1 Å². The molecule has 1 aromatic rings. The number of amides is 1. The molecule has 0 aliphatic rings. The molecule has 26 heavy (non-hydrogen) atoms. The van der Waals surface area contributed by atoms with Crippen molar-refractivity contribution in [2.45, 2.75) is 32.9 Å². The Hall–Kier alpha value is -2.02. The molecule has 0 aliphatic carbocycles. The Balaban J connectivity index is 2.81. The Morgan fingerprint density at radius 2 is 1.88 bits per heavy atom. The second-order valence-electron chi connectivity index (χ2n) is 5.91. The first-order valence-corrected chi connectivity index (χ1v) is 8.78. The van der Waals surface area contributed by atoms with Crippen molar-refractivity contribution in [3.05, 3.63) is 42.0 Å². The van der Waals surface area contributed by atoms with Crippen LogP contribution in [0.2, 0.25) is 0 Å². The van der Waals surface area contributed by atoms with Crippen LogP contribution in [0.5, 0.6) is 5.75 Å². The predicted molar refractivity (Wildman–Crippen MR) is 96.5 cm³/mol. The Morgan fingerprint density at radius 1 is 1.23 bits per heavy atom. The van der Waals surface area contributed by atoms with Gasteiger partial charge < -0.3 is 15.0 Å². The number of carbonyl (C=O) groups is 1. The SMILES string of the molecule is C=CCOc1cc(C(F)(F)F)ccc1C(=O)NCCN(CCC)CCC. The average molecular weight is 372 g/mol. The molecule has 0 unspecified atom stereocenters. The number of hydrogen-bond donors (Lipinski definition) is 1. The molecular weight excluding hydrogens is 345 g/mol. The van der Waals surface area contributed by atoms with E-state index in [9.17, 15) is 18.0 Å². The first kappa shape index (κ1) is 22.0. The van der Waals surface area contributed by atoms with Crippen LogP contribution in [0.15, 0.2) is 30.9 Å². The van der Waals surface area contributed by atoms with Gasteiger partial charge in [-0.2, -0.15) is 13.2 Å². The third-order valence-electron chi connectivity index (χ3n) is 3.70. The molecule has 0 spiro atoms. The van der Waals surface area contributed by atoms with Gasteiger partial charge in [0.05, 0.1) is 11.1 Å². The zero-order valence-corrected chi connectivity index (χ0v) is 15.4. The zero-order valence-electron chi connectivity index (χ0n) is 15.4. The van der Waals surface area contributed by atoms with E-state index in [4.69, 9.17) is 4.74 Å². The monoisotopic (exact) mass is 372 g/mol. The minimum atomic E-state index is -4.50. The van der Waals surface area contributed by atoms with Crippen LogP contribution in [0.25, 0.3) is 0 Å². The van der Waals surface area contributed by atoms with Crippen molar-refractivity contribution in [2.24, 2.45) is 0 Å². The number of hydrogen-bond acceptors (Lipinski definition) is 3. The molecule has 146 valence electrons. The van der Waals surface area contributed by atoms with Crippen molar-refractivity contribution < 1.29 is 22.7 Å². The zero-order chi connectivity index (χ0) is 19.6. The lowest BCUT2D eigenvalue weighted by Crippen LogP contribution is -2.36. The lowest BCUT2D eigenvalue weighted by Gasteiger charge is -2.21. The molecule has 7 heteroatoms. The number of ether oxygens (including phenoxy) is 1. The average Bonchev–Trinajstić information content (AvgIpc) is 2.59. The van der Waals surface area contributed by atoms with Gasteiger partial charge in [0, 0.05) is 13.1 Å². The quantitative estimate of drug-likeness (QED) is 0.594. The number of carbonyl (C=O) groups excluding carboxylic acids is 1. The molecule has 0 aromatic heterocycles. The van der Waals surface area contributed by atoms with E-state index in [-0.39, 0.29) is 17.9 Å². The fourth-order valence-electron chi connectivity index (χ4n) is 2.55. The number of nitrogens with one attached hydrogen (secondary N) is 1. The maximum Gasteiger partial charge on any atom is 0.416 e. The first-order valence-electron chi connectivity index (χ1n) is 8.78. The molecule has 0 radical (unpaired) electrons. The van der Waals surface area contributed by atoms with Gasteiger partial charge in [0.15, 0.2) is 0 Å². The summed E-state index contributed by atoms with van der Waals surface area (Å²) in [5, 5.41) is 2.75. The molecule has 1 amide bonds. The van der Waals surface area contributed by atoms with Gasteiger partial charge in [0.25, 0.3) is 5.91 Å². The highest BCUT2D eigenvalue weighted by atomic mass is 19.4. The van der Waals surface area contributed by atoms with Gasteiger partial charge in [-0.15, -0.1) is 0 Å². The van der Waals surface area contributed by atoms with E-state index in [1.165, 1.54) is 6.08 Å². The van der Waals surface area contributed by atoms with E-state index in [0.29, 0.717) is 13.1 Å².